The van der Waals surface area contributed by atoms with E-state index in [0.29, 0.717) is 23.7 Å². The van der Waals surface area contributed by atoms with Crippen molar-refractivity contribution in [2.75, 3.05) is 13.2 Å². The summed E-state index contributed by atoms with van der Waals surface area (Å²) in [5.41, 5.74) is 5.70. The van der Waals surface area contributed by atoms with Crippen LogP contribution < -0.4 is 16.2 Å². The minimum atomic E-state index is -0.529. The van der Waals surface area contributed by atoms with Crippen molar-refractivity contribution in [3.05, 3.63) is 47.5 Å². The molecule has 1 aromatic carbocycles. The molecule has 168 valence electrons. The predicted molar refractivity (Wildman–Crippen MR) is 118 cm³/mol. The van der Waals surface area contributed by atoms with Crippen LogP contribution in [0.2, 0.25) is 5.02 Å². The number of nitrogens with one attached hydrogen (secondary N) is 3. The van der Waals surface area contributed by atoms with Crippen molar-refractivity contribution < 1.29 is 23.7 Å². The van der Waals surface area contributed by atoms with Gasteiger partial charge in [0.2, 0.25) is 0 Å². The van der Waals surface area contributed by atoms with Gasteiger partial charge >= 0.3 is 0 Å². The zero-order valence-electron chi connectivity index (χ0n) is 17.0. The summed E-state index contributed by atoms with van der Waals surface area (Å²) in [6.07, 6.45) is 4.21. The Morgan fingerprint density at radius 3 is 2.65 bits per heavy atom. The number of halogens is 1. The van der Waals surface area contributed by atoms with Gasteiger partial charge in [-0.25, -0.2) is 0 Å². The Balaban J connectivity index is 1.28. The minimum Gasteiger partial charge on any atom is -0.359 e. The van der Waals surface area contributed by atoms with Crippen molar-refractivity contribution in [2.24, 2.45) is 0 Å². The Bertz CT molecular complexity index is 818. The second kappa shape index (κ2) is 9.81. The molecule has 1 aliphatic carbocycles. The van der Waals surface area contributed by atoms with Crippen LogP contribution in [-0.2, 0) is 18.9 Å². The van der Waals surface area contributed by atoms with Crippen LogP contribution in [0.3, 0.4) is 0 Å². The lowest BCUT2D eigenvalue weighted by molar-refractivity contribution is -0.240. The molecule has 10 heteroatoms. The van der Waals surface area contributed by atoms with Crippen LogP contribution >= 0.6 is 23.8 Å². The van der Waals surface area contributed by atoms with Crippen molar-refractivity contribution >= 4 is 34.8 Å². The maximum atomic E-state index is 12.2. The highest BCUT2D eigenvalue weighted by Gasteiger charge is 2.59. The molecule has 31 heavy (non-hydrogen) atoms. The first kappa shape index (κ1) is 22.4. The highest BCUT2D eigenvalue weighted by Crippen LogP contribution is 2.46. The molecule has 3 fully saturated rings. The first-order chi connectivity index (χ1) is 15.0. The molecule has 1 spiro atoms. The second-order valence-electron chi connectivity index (χ2n) is 7.74. The number of thiocarbonyl (C=S) groups is 1. The van der Waals surface area contributed by atoms with E-state index in [-0.39, 0.29) is 29.3 Å². The first-order valence-corrected chi connectivity index (χ1v) is 11.1. The van der Waals surface area contributed by atoms with Gasteiger partial charge in [-0.2, -0.15) is 0 Å². The average Bonchev–Trinajstić information content (AvgIpc) is 3.46. The third-order valence-electron chi connectivity index (χ3n) is 5.57. The molecule has 1 saturated carbocycles. The van der Waals surface area contributed by atoms with Gasteiger partial charge in [0, 0.05) is 30.0 Å². The fourth-order valence-electron chi connectivity index (χ4n) is 4.12. The van der Waals surface area contributed by atoms with Crippen LogP contribution in [0.1, 0.15) is 36.0 Å². The number of hydrogen-bond donors (Lipinski definition) is 3. The molecule has 0 aromatic heterocycles. The van der Waals surface area contributed by atoms with Crippen LogP contribution in [0, 0.1) is 0 Å². The van der Waals surface area contributed by atoms with E-state index in [2.05, 4.69) is 22.7 Å². The molecule has 2 aliphatic heterocycles. The summed E-state index contributed by atoms with van der Waals surface area (Å²) in [4.78, 5) is 12.2. The molecule has 2 heterocycles. The van der Waals surface area contributed by atoms with Gasteiger partial charge < -0.3 is 24.3 Å². The van der Waals surface area contributed by atoms with Gasteiger partial charge in [0.1, 0.15) is 18.3 Å². The van der Waals surface area contributed by atoms with E-state index in [1.165, 1.54) is 0 Å². The molecule has 3 aliphatic rings. The molecular formula is C21H26ClN3O5S. The minimum absolute atomic E-state index is 0.257. The summed E-state index contributed by atoms with van der Waals surface area (Å²) >= 11 is 11.1. The van der Waals surface area contributed by atoms with E-state index in [1.54, 1.807) is 30.3 Å². The average molecular weight is 468 g/mol. The SMILES string of the molecule is C=CCO[C@@H]1O[C@H](CNC(=S)NNC(=O)c2ccc(Cl)cc2)[C@H]2OC3(CCCC3)O[C@@H]12. The van der Waals surface area contributed by atoms with Gasteiger partial charge in [-0.05, 0) is 49.3 Å². The van der Waals surface area contributed by atoms with Crippen LogP contribution in [-0.4, -0.2) is 54.6 Å². The Hall–Kier alpha value is -1.75. The van der Waals surface area contributed by atoms with Gasteiger partial charge in [0.15, 0.2) is 17.2 Å². The number of carbonyl (C=O) groups is 1. The predicted octanol–water partition coefficient (Wildman–Crippen LogP) is 2.43. The van der Waals surface area contributed by atoms with E-state index in [9.17, 15) is 4.79 Å². The summed E-state index contributed by atoms with van der Waals surface area (Å²) in [6, 6.07) is 6.54. The fourth-order valence-corrected chi connectivity index (χ4v) is 4.38. The molecule has 2 saturated heterocycles. The number of rotatable bonds is 6. The first-order valence-electron chi connectivity index (χ1n) is 10.3. The molecule has 4 atom stereocenters. The molecule has 0 bridgehead atoms. The summed E-state index contributed by atoms with van der Waals surface area (Å²) in [5.74, 6) is -0.857. The number of fused-ring (bicyclic) bond motifs is 1. The lowest BCUT2D eigenvalue weighted by atomic mass is 10.1. The number of ether oxygens (including phenoxy) is 4. The van der Waals surface area contributed by atoms with Gasteiger partial charge in [0.05, 0.1) is 6.61 Å². The number of hydrogen-bond acceptors (Lipinski definition) is 6. The zero-order chi connectivity index (χ0) is 21.8. The maximum absolute atomic E-state index is 12.2. The van der Waals surface area contributed by atoms with Crippen LogP contribution in [0.25, 0.3) is 0 Å². The third kappa shape index (κ3) is 5.19. The molecule has 0 radical (unpaired) electrons. The van der Waals surface area contributed by atoms with E-state index >= 15 is 0 Å². The Morgan fingerprint density at radius 1 is 1.23 bits per heavy atom. The molecule has 1 aromatic rings. The number of benzene rings is 1. The van der Waals surface area contributed by atoms with Gasteiger partial charge in [-0.1, -0.05) is 17.7 Å². The number of amides is 1. The second-order valence-corrected chi connectivity index (χ2v) is 8.59. The highest BCUT2D eigenvalue weighted by atomic mass is 35.5. The van der Waals surface area contributed by atoms with Crippen LogP contribution in [0.15, 0.2) is 36.9 Å². The lowest BCUT2D eigenvalue weighted by Gasteiger charge is -2.27. The molecular weight excluding hydrogens is 442 g/mol. The third-order valence-corrected chi connectivity index (χ3v) is 6.07. The lowest BCUT2D eigenvalue weighted by Crippen LogP contribution is -2.49. The number of hydrazine groups is 1. The van der Waals surface area contributed by atoms with Gasteiger partial charge in [-0.15, -0.1) is 6.58 Å². The van der Waals surface area contributed by atoms with Gasteiger partial charge in [0.25, 0.3) is 5.91 Å². The van der Waals surface area contributed by atoms with Crippen LogP contribution in [0.5, 0.6) is 0 Å². The Labute approximate surface area is 191 Å². The normalized spacial score (nSPS) is 28.3. The summed E-state index contributed by atoms with van der Waals surface area (Å²) in [7, 11) is 0. The summed E-state index contributed by atoms with van der Waals surface area (Å²) in [6.45, 7) is 4.42. The molecule has 1 amide bonds. The maximum Gasteiger partial charge on any atom is 0.269 e. The van der Waals surface area contributed by atoms with Crippen molar-refractivity contribution in [3.8, 4) is 0 Å². The molecule has 3 N–H and O–H groups in total. The smallest absolute Gasteiger partial charge is 0.269 e. The van der Waals surface area contributed by atoms with Crippen molar-refractivity contribution in [1.29, 1.82) is 0 Å². The Morgan fingerprint density at radius 2 is 1.94 bits per heavy atom. The summed E-state index contributed by atoms with van der Waals surface area (Å²) < 4.78 is 24.4. The van der Waals surface area contributed by atoms with Crippen molar-refractivity contribution in [3.63, 3.8) is 0 Å². The highest BCUT2D eigenvalue weighted by molar-refractivity contribution is 7.80. The van der Waals surface area contributed by atoms with E-state index in [1.807, 2.05) is 0 Å². The standard InChI is InChI=1S/C21H26ClN3O5S/c1-2-11-27-19-17-16(29-21(30-17)9-3-4-10-21)15(28-19)12-23-20(31)25-24-18(26)13-5-7-14(22)8-6-13/h2,5-8,15-17,19H,1,3-4,9-12H2,(H,24,26)(H2,23,25,31)/t15-,16-,17-,19-/m1/s1. The topological polar surface area (TPSA) is 90.1 Å². The monoisotopic (exact) mass is 467 g/mol. The van der Waals surface area contributed by atoms with Gasteiger partial charge in [-0.3, -0.25) is 15.6 Å². The van der Waals surface area contributed by atoms with Crippen molar-refractivity contribution in [1.82, 2.24) is 16.2 Å². The van der Waals surface area contributed by atoms with Crippen LogP contribution in [0.4, 0.5) is 0 Å². The van der Waals surface area contributed by atoms with E-state index < -0.39 is 12.1 Å². The zero-order valence-corrected chi connectivity index (χ0v) is 18.5. The van der Waals surface area contributed by atoms with E-state index in [0.717, 1.165) is 25.7 Å². The fraction of sp³-hybridized carbons (Fsp3) is 0.524. The number of carbonyl (C=O) groups excluding carboxylic acids is 1. The van der Waals surface area contributed by atoms with E-state index in [4.69, 9.17) is 42.8 Å². The van der Waals surface area contributed by atoms with Crippen molar-refractivity contribution in [2.45, 2.75) is 56.1 Å². The quantitative estimate of drug-likeness (QED) is 0.334. The molecule has 8 nitrogen and oxygen atoms in total. The molecule has 4 rings (SSSR count). The summed E-state index contributed by atoms with van der Waals surface area (Å²) in [5, 5.41) is 3.87. The largest absolute Gasteiger partial charge is 0.359 e. The molecule has 0 unspecified atom stereocenters. The Kier molecular flexibility index (Phi) is 7.10.